The summed E-state index contributed by atoms with van der Waals surface area (Å²) in [7, 11) is -3.20. The number of alkyl halides is 1. The van der Waals surface area contributed by atoms with Crippen LogP contribution in [0.1, 0.15) is 19.4 Å². The number of sulfone groups is 1. The molecular formula is C12H16BrFO2S. The molecule has 1 aromatic carbocycles. The van der Waals surface area contributed by atoms with Gasteiger partial charge in [-0.2, -0.15) is 0 Å². The van der Waals surface area contributed by atoms with Crippen LogP contribution < -0.4 is 0 Å². The fraction of sp³-hybridized carbons (Fsp3) is 0.500. The third kappa shape index (κ3) is 3.28. The molecule has 0 saturated heterocycles. The summed E-state index contributed by atoms with van der Waals surface area (Å²) < 4.78 is 35.8. The first-order valence-corrected chi connectivity index (χ1v) is 8.04. The third-order valence-corrected chi connectivity index (χ3v) is 7.03. The minimum Gasteiger partial charge on any atom is -0.229 e. The molecule has 0 amide bonds. The van der Waals surface area contributed by atoms with Crippen LogP contribution in [0.2, 0.25) is 0 Å². The molecule has 0 radical (unpaired) electrons. The number of halogens is 2. The molecule has 0 aromatic heterocycles. The Morgan fingerprint density at radius 3 is 2.35 bits per heavy atom. The highest BCUT2D eigenvalue weighted by atomic mass is 79.9. The van der Waals surface area contributed by atoms with E-state index < -0.39 is 14.6 Å². The molecule has 2 nitrogen and oxygen atoms in total. The zero-order valence-electron chi connectivity index (χ0n) is 10.1. The molecule has 1 unspecified atom stereocenters. The normalized spacial score (nSPS) is 14.6. The van der Waals surface area contributed by atoms with Crippen molar-refractivity contribution in [3.05, 3.63) is 35.6 Å². The van der Waals surface area contributed by atoms with E-state index in [9.17, 15) is 12.8 Å². The van der Waals surface area contributed by atoms with Gasteiger partial charge >= 0.3 is 0 Å². The van der Waals surface area contributed by atoms with Gasteiger partial charge < -0.3 is 0 Å². The lowest BCUT2D eigenvalue weighted by molar-refractivity contribution is 0.535. The van der Waals surface area contributed by atoms with Crippen molar-refractivity contribution in [2.24, 2.45) is 0 Å². The number of benzene rings is 1. The molecule has 0 heterocycles. The highest BCUT2D eigenvalue weighted by Crippen LogP contribution is 2.29. The summed E-state index contributed by atoms with van der Waals surface area (Å²) in [5, 5.41) is 0. The summed E-state index contributed by atoms with van der Waals surface area (Å²) in [5.41, 5.74) is 0.520. The van der Waals surface area contributed by atoms with Crippen molar-refractivity contribution in [2.75, 3.05) is 6.26 Å². The van der Waals surface area contributed by atoms with Gasteiger partial charge in [-0.25, -0.2) is 12.8 Å². The van der Waals surface area contributed by atoms with Crippen LogP contribution in [0.25, 0.3) is 0 Å². The highest BCUT2D eigenvalue weighted by Gasteiger charge is 2.37. The minimum absolute atomic E-state index is 0.304. The lowest BCUT2D eigenvalue weighted by Crippen LogP contribution is -2.41. The molecular weight excluding hydrogens is 307 g/mol. The van der Waals surface area contributed by atoms with Crippen molar-refractivity contribution >= 4 is 25.8 Å². The predicted molar refractivity (Wildman–Crippen MR) is 71.7 cm³/mol. The van der Waals surface area contributed by atoms with Crippen LogP contribution in [0.5, 0.6) is 0 Å². The van der Waals surface area contributed by atoms with Crippen LogP contribution in [-0.2, 0) is 16.3 Å². The van der Waals surface area contributed by atoms with E-state index in [1.807, 2.05) is 0 Å². The molecule has 1 atom stereocenters. The predicted octanol–water partition coefficient (Wildman–Crippen LogP) is 2.95. The summed E-state index contributed by atoms with van der Waals surface area (Å²) in [6, 6.07) is 6.40. The van der Waals surface area contributed by atoms with Crippen molar-refractivity contribution in [3.8, 4) is 0 Å². The van der Waals surface area contributed by atoms with Crippen molar-refractivity contribution in [2.45, 2.75) is 29.8 Å². The fourth-order valence-corrected chi connectivity index (χ4v) is 3.25. The first kappa shape index (κ1) is 14.6. The van der Waals surface area contributed by atoms with Gasteiger partial charge in [-0.3, -0.25) is 0 Å². The van der Waals surface area contributed by atoms with Gasteiger partial charge in [0.25, 0.3) is 0 Å². The van der Waals surface area contributed by atoms with Crippen molar-refractivity contribution in [3.63, 3.8) is 0 Å². The maximum atomic E-state index is 13.5. The zero-order valence-corrected chi connectivity index (χ0v) is 12.5. The maximum Gasteiger partial charge on any atom is 0.153 e. The lowest BCUT2D eigenvalue weighted by atomic mass is 10.0. The average molecular weight is 323 g/mol. The van der Waals surface area contributed by atoms with E-state index in [1.165, 1.54) is 12.3 Å². The Kier molecular flexibility index (Phi) is 4.36. The van der Waals surface area contributed by atoms with Crippen molar-refractivity contribution in [1.82, 2.24) is 0 Å². The number of rotatable bonds is 4. The molecule has 17 heavy (non-hydrogen) atoms. The molecule has 0 aliphatic carbocycles. The van der Waals surface area contributed by atoms with E-state index in [0.717, 1.165) is 0 Å². The standard InChI is InChI=1S/C12H16BrFO2S/c1-12(2,17(3,15)16)11(13)8-9-6-4-5-7-10(9)14/h4-7,11H,8H2,1-3H3. The second-order valence-electron chi connectivity index (χ2n) is 4.64. The van der Waals surface area contributed by atoms with Crippen LogP contribution in [-0.4, -0.2) is 24.2 Å². The quantitative estimate of drug-likeness (QED) is 0.799. The van der Waals surface area contributed by atoms with Crippen LogP contribution in [0.3, 0.4) is 0 Å². The van der Waals surface area contributed by atoms with Crippen LogP contribution in [0.15, 0.2) is 24.3 Å². The molecule has 1 aromatic rings. The molecule has 0 spiro atoms. The zero-order chi connectivity index (χ0) is 13.3. The third-order valence-electron chi connectivity index (χ3n) is 3.07. The Labute approximate surface area is 110 Å². The van der Waals surface area contributed by atoms with Gasteiger partial charge in [0, 0.05) is 11.1 Å². The average Bonchev–Trinajstić information content (AvgIpc) is 2.19. The van der Waals surface area contributed by atoms with Gasteiger partial charge in [-0.1, -0.05) is 34.1 Å². The van der Waals surface area contributed by atoms with E-state index in [1.54, 1.807) is 32.0 Å². The summed E-state index contributed by atoms with van der Waals surface area (Å²) in [4.78, 5) is -0.332. The molecule has 0 aliphatic rings. The minimum atomic E-state index is -3.20. The lowest BCUT2D eigenvalue weighted by Gasteiger charge is -2.28. The SMILES string of the molecule is CC(C)(C(Br)Cc1ccccc1F)S(C)(=O)=O. The van der Waals surface area contributed by atoms with Crippen molar-refractivity contribution in [1.29, 1.82) is 0 Å². The van der Waals surface area contributed by atoms with Crippen LogP contribution in [0, 0.1) is 5.82 Å². The fourth-order valence-electron chi connectivity index (χ4n) is 1.34. The van der Waals surface area contributed by atoms with Crippen LogP contribution in [0.4, 0.5) is 4.39 Å². The van der Waals surface area contributed by atoms with E-state index in [-0.39, 0.29) is 10.6 Å². The second-order valence-corrected chi connectivity index (χ2v) is 8.34. The topological polar surface area (TPSA) is 34.1 Å². The largest absolute Gasteiger partial charge is 0.229 e. The molecule has 0 N–H and O–H groups in total. The molecule has 0 saturated carbocycles. The van der Waals surface area contributed by atoms with Gasteiger partial charge in [-0.15, -0.1) is 0 Å². The highest BCUT2D eigenvalue weighted by molar-refractivity contribution is 9.09. The monoisotopic (exact) mass is 322 g/mol. The summed E-state index contributed by atoms with van der Waals surface area (Å²) in [5.74, 6) is -0.304. The molecule has 0 bridgehead atoms. The summed E-state index contributed by atoms with van der Waals surface area (Å²) in [6.45, 7) is 3.28. The first-order valence-electron chi connectivity index (χ1n) is 5.23. The Morgan fingerprint density at radius 1 is 1.35 bits per heavy atom. The molecule has 0 aliphatic heterocycles. The smallest absolute Gasteiger partial charge is 0.153 e. The molecule has 0 fully saturated rings. The van der Waals surface area contributed by atoms with Gasteiger partial charge in [0.1, 0.15) is 5.82 Å². The molecule has 96 valence electrons. The van der Waals surface area contributed by atoms with Gasteiger partial charge in [0.05, 0.1) is 4.75 Å². The summed E-state index contributed by atoms with van der Waals surface area (Å²) >= 11 is 3.36. The van der Waals surface area contributed by atoms with Gasteiger partial charge in [-0.05, 0) is 31.9 Å². The van der Waals surface area contributed by atoms with E-state index >= 15 is 0 Å². The molecule has 5 heteroatoms. The first-order chi connectivity index (χ1) is 7.66. The Balaban J connectivity index is 2.95. The second kappa shape index (κ2) is 5.06. The number of hydrogen-bond donors (Lipinski definition) is 0. The summed E-state index contributed by atoms with van der Waals surface area (Å²) in [6.07, 6.45) is 1.54. The van der Waals surface area contributed by atoms with Gasteiger partial charge in [0.2, 0.25) is 0 Å². The van der Waals surface area contributed by atoms with Crippen molar-refractivity contribution < 1.29 is 12.8 Å². The number of hydrogen-bond acceptors (Lipinski definition) is 2. The Morgan fingerprint density at radius 2 is 1.88 bits per heavy atom. The Hall–Kier alpha value is -0.420. The van der Waals surface area contributed by atoms with E-state index in [2.05, 4.69) is 15.9 Å². The van der Waals surface area contributed by atoms with Crippen LogP contribution >= 0.6 is 15.9 Å². The molecule has 1 rings (SSSR count). The van der Waals surface area contributed by atoms with Gasteiger partial charge in [0.15, 0.2) is 9.84 Å². The Bertz CT molecular complexity index is 497. The van der Waals surface area contributed by atoms with E-state index in [4.69, 9.17) is 0 Å². The van der Waals surface area contributed by atoms with E-state index in [0.29, 0.717) is 12.0 Å². The maximum absolute atomic E-state index is 13.5.